The van der Waals surface area contributed by atoms with Crippen molar-refractivity contribution in [1.82, 2.24) is 4.90 Å². The Kier molecular flexibility index (Phi) is 5.69. The van der Waals surface area contributed by atoms with E-state index in [1.807, 2.05) is 11.8 Å². The van der Waals surface area contributed by atoms with Gasteiger partial charge < -0.3 is 0 Å². The number of carbonyl (C=O) groups is 1. The summed E-state index contributed by atoms with van der Waals surface area (Å²) in [6.45, 7) is 2.23. The van der Waals surface area contributed by atoms with Crippen LogP contribution in [0.1, 0.15) is 39.0 Å². The van der Waals surface area contributed by atoms with E-state index < -0.39 is 0 Å². The monoisotopic (exact) mass is 229 g/mol. The van der Waals surface area contributed by atoms with Gasteiger partial charge in [0.2, 0.25) is 0 Å². The molecule has 1 aliphatic carbocycles. The van der Waals surface area contributed by atoms with Gasteiger partial charge in [-0.15, -0.1) is 0 Å². The molecule has 15 heavy (non-hydrogen) atoms. The molecule has 0 aromatic carbocycles. The van der Waals surface area contributed by atoms with Gasteiger partial charge in [0.05, 0.1) is 6.04 Å². The van der Waals surface area contributed by atoms with Gasteiger partial charge in [-0.3, -0.25) is 9.69 Å². The summed E-state index contributed by atoms with van der Waals surface area (Å²) < 4.78 is 0. The quantitative estimate of drug-likeness (QED) is 0.722. The van der Waals surface area contributed by atoms with E-state index in [2.05, 4.69) is 25.1 Å². The minimum Gasteiger partial charge on any atom is -0.298 e. The normalized spacial score (nSPS) is 24.5. The van der Waals surface area contributed by atoms with Crippen molar-refractivity contribution in [2.75, 3.05) is 19.1 Å². The fourth-order valence-corrected chi connectivity index (χ4v) is 2.77. The second kappa shape index (κ2) is 6.54. The fraction of sp³-hybridized carbons (Fsp3) is 0.917. The van der Waals surface area contributed by atoms with E-state index in [0.29, 0.717) is 11.8 Å². The van der Waals surface area contributed by atoms with Crippen molar-refractivity contribution in [1.29, 1.82) is 0 Å². The third kappa shape index (κ3) is 3.80. The molecule has 0 radical (unpaired) electrons. The molecule has 1 rings (SSSR count). The summed E-state index contributed by atoms with van der Waals surface area (Å²) in [7, 11) is 2.11. The van der Waals surface area contributed by atoms with Gasteiger partial charge in [0, 0.05) is 12.5 Å². The zero-order valence-corrected chi connectivity index (χ0v) is 11.0. The Morgan fingerprint density at radius 1 is 1.53 bits per heavy atom. The van der Waals surface area contributed by atoms with Crippen LogP contribution in [0.4, 0.5) is 0 Å². The Morgan fingerprint density at radius 3 is 2.87 bits per heavy atom. The molecule has 2 nitrogen and oxygen atoms in total. The van der Waals surface area contributed by atoms with Gasteiger partial charge in [0.1, 0.15) is 5.78 Å². The summed E-state index contributed by atoms with van der Waals surface area (Å²) >= 11 is 1.88. The van der Waals surface area contributed by atoms with Crippen LogP contribution in [0.5, 0.6) is 0 Å². The molecule has 1 aliphatic rings. The van der Waals surface area contributed by atoms with Gasteiger partial charge in [-0.05, 0) is 45.2 Å². The standard InChI is InChI=1S/C12H23NOS/c1-10(8-9-15-3)13(2)11-6-4-5-7-12(11)14/h10-11H,4-9H2,1-3H3. The van der Waals surface area contributed by atoms with E-state index in [-0.39, 0.29) is 6.04 Å². The summed E-state index contributed by atoms with van der Waals surface area (Å²) in [6.07, 6.45) is 7.50. The van der Waals surface area contributed by atoms with Gasteiger partial charge >= 0.3 is 0 Å². The minimum atomic E-state index is 0.204. The van der Waals surface area contributed by atoms with E-state index in [9.17, 15) is 4.79 Å². The topological polar surface area (TPSA) is 20.3 Å². The van der Waals surface area contributed by atoms with Crippen molar-refractivity contribution in [3.8, 4) is 0 Å². The number of thioether (sulfide) groups is 1. The van der Waals surface area contributed by atoms with E-state index in [0.717, 1.165) is 19.3 Å². The molecule has 0 N–H and O–H groups in total. The maximum absolute atomic E-state index is 11.8. The summed E-state index contributed by atoms with van der Waals surface area (Å²) in [6, 6.07) is 0.736. The largest absolute Gasteiger partial charge is 0.298 e. The summed E-state index contributed by atoms with van der Waals surface area (Å²) in [5.41, 5.74) is 0. The van der Waals surface area contributed by atoms with Gasteiger partial charge in [-0.25, -0.2) is 0 Å². The molecule has 0 saturated heterocycles. The van der Waals surface area contributed by atoms with Gasteiger partial charge in [0.25, 0.3) is 0 Å². The van der Waals surface area contributed by atoms with E-state index in [1.165, 1.54) is 18.6 Å². The minimum absolute atomic E-state index is 0.204. The average Bonchev–Trinajstić information content (AvgIpc) is 2.25. The Morgan fingerprint density at radius 2 is 2.27 bits per heavy atom. The molecule has 0 aliphatic heterocycles. The lowest BCUT2D eigenvalue weighted by Crippen LogP contribution is -2.45. The first-order valence-electron chi connectivity index (χ1n) is 5.90. The number of likely N-dealkylation sites (N-methyl/N-ethyl adjacent to an activating group) is 1. The summed E-state index contributed by atoms with van der Waals surface area (Å²) in [4.78, 5) is 14.1. The van der Waals surface area contributed by atoms with Gasteiger partial charge in [-0.1, -0.05) is 6.42 Å². The van der Waals surface area contributed by atoms with Crippen LogP contribution in [0.2, 0.25) is 0 Å². The molecule has 1 fully saturated rings. The molecule has 2 unspecified atom stereocenters. The first-order chi connectivity index (χ1) is 7.16. The number of hydrogen-bond acceptors (Lipinski definition) is 3. The second-order valence-electron chi connectivity index (χ2n) is 4.52. The van der Waals surface area contributed by atoms with Crippen LogP contribution in [0.3, 0.4) is 0 Å². The SMILES string of the molecule is CSCCC(C)N(C)C1CCCCC1=O. The molecule has 2 atom stereocenters. The van der Waals surface area contributed by atoms with Crippen molar-refractivity contribution >= 4 is 17.5 Å². The van der Waals surface area contributed by atoms with Crippen molar-refractivity contribution in [2.24, 2.45) is 0 Å². The van der Waals surface area contributed by atoms with Crippen molar-refractivity contribution in [3.05, 3.63) is 0 Å². The molecule has 88 valence electrons. The van der Waals surface area contributed by atoms with Crippen LogP contribution in [-0.2, 0) is 4.79 Å². The Hall–Kier alpha value is -0.0200. The molecule has 3 heteroatoms. The molecule has 1 saturated carbocycles. The molecule has 0 heterocycles. The highest BCUT2D eigenvalue weighted by Crippen LogP contribution is 2.21. The molecular formula is C12H23NOS. The number of rotatable bonds is 5. The zero-order chi connectivity index (χ0) is 11.3. The average molecular weight is 229 g/mol. The molecular weight excluding hydrogens is 206 g/mol. The number of nitrogens with zero attached hydrogens (tertiary/aromatic N) is 1. The van der Waals surface area contributed by atoms with Crippen molar-refractivity contribution in [3.63, 3.8) is 0 Å². The Labute approximate surface area is 97.8 Å². The van der Waals surface area contributed by atoms with Crippen LogP contribution >= 0.6 is 11.8 Å². The van der Waals surface area contributed by atoms with E-state index in [1.54, 1.807) is 0 Å². The van der Waals surface area contributed by atoms with E-state index in [4.69, 9.17) is 0 Å². The van der Waals surface area contributed by atoms with Crippen LogP contribution in [0, 0.1) is 0 Å². The van der Waals surface area contributed by atoms with Crippen LogP contribution in [0.25, 0.3) is 0 Å². The number of hydrogen-bond donors (Lipinski definition) is 0. The van der Waals surface area contributed by atoms with Gasteiger partial charge in [0.15, 0.2) is 0 Å². The van der Waals surface area contributed by atoms with Gasteiger partial charge in [-0.2, -0.15) is 11.8 Å². The fourth-order valence-electron chi connectivity index (χ4n) is 2.19. The molecule has 0 amide bonds. The lowest BCUT2D eigenvalue weighted by atomic mass is 9.92. The first-order valence-corrected chi connectivity index (χ1v) is 7.29. The highest BCUT2D eigenvalue weighted by atomic mass is 32.2. The predicted octanol–water partition coefficient (Wildman–Crippen LogP) is 2.57. The van der Waals surface area contributed by atoms with Crippen LogP contribution < -0.4 is 0 Å². The number of ketones is 1. The lowest BCUT2D eigenvalue weighted by Gasteiger charge is -2.34. The maximum Gasteiger partial charge on any atom is 0.149 e. The Balaban J connectivity index is 2.42. The third-order valence-electron chi connectivity index (χ3n) is 3.45. The second-order valence-corrected chi connectivity index (χ2v) is 5.51. The number of carbonyl (C=O) groups excluding carboxylic acids is 1. The maximum atomic E-state index is 11.8. The highest BCUT2D eigenvalue weighted by molar-refractivity contribution is 7.98. The number of Topliss-reactive ketones (excluding diaryl/α,β-unsaturated/α-hetero) is 1. The highest BCUT2D eigenvalue weighted by Gasteiger charge is 2.28. The molecule has 0 aromatic heterocycles. The van der Waals surface area contributed by atoms with Crippen molar-refractivity contribution < 1.29 is 4.79 Å². The summed E-state index contributed by atoms with van der Waals surface area (Å²) in [5.74, 6) is 1.65. The smallest absolute Gasteiger partial charge is 0.149 e. The molecule has 0 aromatic rings. The zero-order valence-electron chi connectivity index (χ0n) is 10.2. The Bertz CT molecular complexity index is 208. The molecule has 0 bridgehead atoms. The van der Waals surface area contributed by atoms with Crippen LogP contribution in [0.15, 0.2) is 0 Å². The molecule has 0 spiro atoms. The third-order valence-corrected chi connectivity index (χ3v) is 4.09. The predicted molar refractivity (Wildman–Crippen MR) is 67.5 cm³/mol. The first kappa shape index (κ1) is 13.0. The van der Waals surface area contributed by atoms with Crippen LogP contribution in [-0.4, -0.2) is 41.8 Å². The van der Waals surface area contributed by atoms with Crippen molar-refractivity contribution in [2.45, 2.75) is 51.1 Å². The summed E-state index contributed by atoms with van der Waals surface area (Å²) in [5, 5.41) is 0. The van der Waals surface area contributed by atoms with E-state index >= 15 is 0 Å². The lowest BCUT2D eigenvalue weighted by molar-refractivity contribution is -0.126.